The van der Waals surface area contributed by atoms with Gasteiger partial charge in [-0.15, -0.1) is 23.2 Å². The van der Waals surface area contributed by atoms with Gasteiger partial charge in [0.1, 0.15) is 5.75 Å². The Balaban J connectivity index is 2.19. The average molecular weight is 530 g/mol. The van der Waals surface area contributed by atoms with Crippen LogP contribution in [0.5, 0.6) is 17.2 Å². The van der Waals surface area contributed by atoms with Crippen LogP contribution < -0.4 is 14.2 Å². The summed E-state index contributed by atoms with van der Waals surface area (Å²) in [5.74, 6) is 4.26. The lowest BCUT2D eigenvalue weighted by molar-refractivity contribution is 0.247. The van der Waals surface area contributed by atoms with E-state index in [4.69, 9.17) is 37.4 Å². The van der Waals surface area contributed by atoms with E-state index in [-0.39, 0.29) is 0 Å². The molecule has 0 spiro atoms. The molecule has 0 bridgehead atoms. The van der Waals surface area contributed by atoms with Crippen LogP contribution in [0.3, 0.4) is 0 Å². The standard InChI is InChI=1S/C31H38Cl2O3/c1-21(2)12-14-35-30-17-28(24-8-10-26(34-5)11-9-24)29(18-31(30)36-15-13-22(3)4)27-16-23(19-32)6-7-25(27)20-33/h6-11,16-18,21-22H,12-15,19-20H2,1-5H3. The van der Waals surface area contributed by atoms with Gasteiger partial charge in [0, 0.05) is 11.8 Å². The minimum atomic E-state index is 0.399. The van der Waals surface area contributed by atoms with Gasteiger partial charge in [0.05, 0.1) is 20.3 Å². The first-order valence-electron chi connectivity index (χ1n) is 12.7. The highest BCUT2D eigenvalue weighted by atomic mass is 35.5. The smallest absolute Gasteiger partial charge is 0.161 e. The summed E-state index contributed by atoms with van der Waals surface area (Å²) in [5, 5.41) is 0. The number of ether oxygens (including phenoxy) is 3. The second-order valence-corrected chi connectivity index (χ2v) is 10.4. The van der Waals surface area contributed by atoms with E-state index in [1.165, 1.54) is 0 Å². The first-order valence-corrected chi connectivity index (χ1v) is 13.7. The third kappa shape index (κ3) is 7.57. The van der Waals surface area contributed by atoms with Crippen LogP contribution in [0, 0.1) is 11.8 Å². The van der Waals surface area contributed by atoms with Gasteiger partial charge in [-0.3, -0.25) is 0 Å². The number of hydrogen-bond donors (Lipinski definition) is 0. The lowest BCUT2D eigenvalue weighted by Crippen LogP contribution is -2.06. The Bertz CT molecular complexity index is 1110. The SMILES string of the molecule is COc1ccc(-c2cc(OCCC(C)C)c(OCCC(C)C)cc2-c2cc(CCl)ccc2CCl)cc1. The summed E-state index contributed by atoms with van der Waals surface area (Å²) in [6.45, 7) is 10.1. The molecule has 0 saturated carbocycles. The van der Waals surface area contributed by atoms with Gasteiger partial charge in [-0.2, -0.15) is 0 Å². The highest BCUT2D eigenvalue weighted by Crippen LogP contribution is 2.43. The zero-order valence-corrected chi connectivity index (χ0v) is 23.6. The van der Waals surface area contributed by atoms with E-state index in [0.717, 1.165) is 63.5 Å². The van der Waals surface area contributed by atoms with Crippen LogP contribution in [-0.4, -0.2) is 20.3 Å². The van der Waals surface area contributed by atoms with Gasteiger partial charge in [0.25, 0.3) is 0 Å². The summed E-state index contributed by atoms with van der Waals surface area (Å²) in [5.41, 5.74) is 6.29. The normalized spacial score (nSPS) is 11.2. The molecule has 0 aromatic heterocycles. The predicted molar refractivity (Wildman–Crippen MR) is 153 cm³/mol. The van der Waals surface area contributed by atoms with Crippen LogP contribution >= 0.6 is 23.2 Å². The molecule has 194 valence electrons. The molecule has 0 N–H and O–H groups in total. The zero-order chi connectivity index (χ0) is 26.1. The van der Waals surface area contributed by atoms with E-state index in [9.17, 15) is 0 Å². The Morgan fingerprint density at radius 3 is 1.75 bits per heavy atom. The molecule has 36 heavy (non-hydrogen) atoms. The first kappa shape index (κ1) is 28.2. The first-order chi connectivity index (χ1) is 17.4. The van der Waals surface area contributed by atoms with E-state index < -0.39 is 0 Å². The van der Waals surface area contributed by atoms with E-state index >= 15 is 0 Å². The largest absolute Gasteiger partial charge is 0.497 e. The van der Waals surface area contributed by atoms with Gasteiger partial charge in [-0.25, -0.2) is 0 Å². The molecule has 0 radical (unpaired) electrons. The Labute approximate surface area is 226 Å². The van der Waals surface area contributed by atoms with Gasteiger partial charge in [-0.05, 0) is 88.4 Å². The number of methoxy groups -OCH3 is 1. The molecule has 0 saturated heterocycles. The summed E-state index contributed by atoms with van der Waals surface area (Å²) in [7, 11) is 1.68. The van der Waals surface area contributed by atoms with Crippen molar-refractivity contribution in [2.45, 2.75) is 52.3 Å². The third-order valence-electron chi connectivity index (χ3n) is 6.15. The van der Waals surface area contributed by atoms with Crippen molar-refractivity contribution in [1.82, 2.24) is 0 Å². The summed E-state index contributed by atoms with van der Waals surface area (Å²) < 4.78 is 18.0. The Kier molecular flexibility index (Phi) is 10.8. The maximum Gasteiger partial charge on any atom is 0.161 e. The number of alkyl halides is 2. The molecule has 3 nitrogen and oxygen atoms in total. The van der Waals surface area contributed by atoms with Crippen molar-refractivity contribution in [1.29, 1.82) is 0 Å². The van der Waals surface area contributed by atoms with E-state index in [1.54, 1.807) is 7.11 Å². The van der Waals surface area contributed by atoms with Gasteiger partial charge in [0.2, 0.25) is 0 Å². The molecule has 0 heterocycles. The molecule has 0 aliphatic rings. The van der Waals surface area contributed by atoms with Crippen molar-refractivity contribution >= 4 is 23.2 Å². The number of hydrogen-bond acceptors (Lipinski definition) is 3. The molecule has 3 rings (SSSR count). The van der Waals surface area contributed by atoms with Crippen LogP contribution in [0.2, 0.25) is 0 Å². The average Bonchev–Trinajstić information content (AvgIpc) is 2.88. The summed E-state index contributed by atoms with van der Waals surface area (Å²) in [6.07, 6.45) is 1.94. The number of halogens is 2. The quantitative estimate of drug-likeness (QED) is 0.207. The molecule has 3 aromatic rings. The maximum absolute atomic E-state index is 6.40. The lowest BCUT2D eigenvalue weighted by Gasteiger charge is -2.20. The van der Waals surface area contributed by atoms with E-state index in [1.807, 2.05) is 18.2 Å². The van der Waals surface area contributed by atoms with Gasteiger partial charge in [0.15, 0.2) is 11.5 Å². The molecule has 3 aromatic carbocycles. The lowest BCUT2D eigenvalue weighted by atomic mass is 9.90. The minimum Gasteiger partial charge on any atom is -0.497 e. The maximum atomic E-state index is 6.40. The van der Waals surface area contributed by atoms with Crippen molar-refractivity contribution in [2.75, 3.05) is 20.3 Å². The summed E-state index contributed by atoms with van der Waals surface area (Å²) in [4.78, 5) is 0. The fraction of sp³-hybridized carbons (Fsp3) is 0.419. The fourth-order valence-corrected chi connectivity index (χ4v) is 4.30. The molecule has 0 atom stereocenters. The van der Waals surface area contributed by atoms with Crippen molar-refractivity contribution in [3.8, 4) is 39.5 Å². The number of benzene rings is 3. The molecule has 0 fully saturated rings. The van der Waals surface area contributed by atoms with Crippen molar-refractivity contribution in [3.63, 3.8) is 0 Å². The zero-order valence-electron chi connectivity index (χ0n) is 22.1. The molecule has 0 amide bonds. The molecule has 5 heteroatoms. The van der Waals surface area contributed by atoms with Gasteiger partial charge >= 0.3 is 0 Å². The van der Waals surface area contributed by atoms with Crippen LogP contribution in [0.4, 0.5) is 0 Å². The van der Waals surface area contributed by atoms with Crippen LogP contribution in [0.25, 0.3) is 22.3 Å². The third-order valence-corrected chi connectivity index (χ3v) is 6.75. The Hall–Kier alpha value is -2.36. The van der Waals surface area contributed by atoms with Crippen molar-refractivity contribution in [2.24, 2.45) is 11.8 Å². The van der Waals surface area contributed by atoms with Crippen LogP contribution in [0.1, 0.15) is 51.7 Å². The molecule has 0 unspecified atom stereocenters. The van der Waals surface area contributed by atoms with Crippen LogP contribution in [0.15, 0.2) is 54.6 Å². The fourth-order valence-electron chi connectivity index (χ4n) is 3.90. The van der Waals surface area contributed by atoms with Gasteiger partial charge in [-0.1, -0.05) is 52.0 Å². The second-order valence-electron chi connectivity index (χ2n) is 9.89. The van der Waals surface area contributed by atoms with Crippen molar-refractivity contribution in [3.05, 3.63) is 65.7 Å². The van der Waals surface area contributed by atoms with Crippen molar-refractivity contribution < 1.29 is 14.2 Å². The summed E-state index contributed by atoms with van der Waals surface area (Å²) >= 11 is 12.6. The molecular formula is C31H38Cl2O3. The summed E-state index contributed by atoms with van der Waals surface area (Å²) in [6, 6.07) is 18.5. The van der Waals surface area contributed by atoms with Gasteiger partial charge < -0.3 is 14.2 Å². The highest BCUT2D eigenvalue weighted by Gasteiger charge is 2.18. The van der Waals surface area contributed by atoms with Crippen LogP contribution in [-0.2, 0) is 11.8 Å². The topological polar surface area (TPSA) is 27.7 Å². The monoisotopic (exact) mass is 528 g/mol. The minimum absolute atomic E-state index is 0.399. The van der Waals surface area contributed by atoms with E-state index in [0.29, 0.717) is 36.8 Å². The number of rotatable bonds is 13. The molecule has 0 aliphatic heterocycles. The Morgan fingerprint density at radius 2 is 1.25 bits per heavy atom. The van der Waals surface area contributed by atoms with E-state index in [2.05, 4.69) is 64.1 Å². The predicted octanol–water partition coefficient (Wildman–Crippen LogP) is 9.36. The molecular weight excluding hydrogens is 491 g/mol. The highest BCUT2D eigenvalue weighted by molar-refractivity contribution is 6.18. The second kappa shape index (κ2) is 13.8. The Morgan fingerprint density at radius 1 is 0.667 bits per heavy atom. The molecule has 0 aliphatic carbocycles.